The van der Waals surface area contributed by atoms with Crippen LogP contribution in [0, 0.1) is 13.8 Å². The van der Waals surface area contributed by atoms with E-state index in [0.717, 1.165) is 72.8 Å². The van der Waals surface area contributed by atoms with Crippen LogP contribution in [0.1, 0.15) is 11.3 Å². The number of rotatable bonds is 6. The molecule has 3 aromatic heterocycles. The lowest BCUT2D eigenvalue weighted by Crippen LogP contribution is -2.01. The Kier molecular flexibility index (Phi) is 7.47. The van der Waals surface area contributed by atoms with Gasteiger partial charge in [-0.3, -0.25) is 0 Å². The first-order valence-corrected chi connectivity index (χ1v) is 15.7. The van der Waals surface area contributed by atoms with Crippen molar-refractivity contribution >= 4 is 11.0 Å². The maximum atomic E-state index is 4.95. The van der Waals surface area contributed by atoms with Crippen LogP contribution in [-0.4, -0.2) is 34.9 Å². The summed E-state index contributed by atoms with van der Waals surface area (Å²) >= 11 is 0. The Bertz CT molecular complexity index is 2390. The van der Waals surface area contributed by atoms with E-state index in [1.165, 1.54) is 0 Å². The normalized spacial score (nSPS) is 11.1. The quantitative estimate of drug-likeness (QED) is 0.183. The molecule has 0 aliphatic carbocycles. The highest BCUT2D eigenvalue weighted by molar-refractivity contribution is 5.80. The fraction of sp³-hybridized carbons (Fsp3) is 0.0488. The molecule has 0 aliphatic heterocycles. The second kappa shape index (κ2) is 12.4. The molecular formula is C41H29N7. The summed E-state index contributed by atoms with van der Waals surface area (Å²) in [4.78, 5) is 33.7. The number of hydrogen-bond acceptors (Lipinski definition) is 7. The van der Waals surface area contributed by atoms with Gasteiger partial charge < -0.3 is 0 Å². The van der Waals surface area contributed by atoms with Crippen LogP contribution in [0.15, 0.2) is 140 Å². The summed E-state index contributed by atoms with van der Waals surface area (Å²) in [6.45, 7) is 4.00. The van der Waals surface area contributed by atoms with E-state index >= 15 is 0 Å². The maximum absolute atomic E-state index is 4.95. The Labute approximate surface area is 278 Å². The Hall–Kier alpha value is -6.47. The van der Waals surface area contributed by atoms with E-state index in [2.05, 4.69) is 46.4 Å². The Balaban J connectivity index is 1.16. The summed E-state index contributed by atoms with van der Waals surface area (Å²) in [6.07, 6.45) is 1.59. The summed E-state index contributed by atoms with van der Waals surface area (Å²) in [6, 6.07) is 44.7. The number of benzene rings is 5. The average Bonchev–Trinajstić information content (AvgIpc) is 3.15. The van der Waals surface area contributed by atoms with Crippen molar-refractivity contribution in [3.8, 4) is 67.9 Å². The van der Waals surface area contributed by atoms with Gasteiger partial charge >= 0.3 is 0 Å². The molecule has 8 rings (SSSR count). The smallest absolute Gasteiger partial charge is 0.164 e. The zero-order valence-electron chi connectivity index (χ0n) is 26.4. The number of para-hydroxylation sites is 2. The van der Waals surface area contributed by atoms with E-state index in [4.69, 9.17) is 24.9 Å². The molecule has 0 unspecified atom stereocenters. The van der Waals surface area contributed by atoms with Crippen LogP contribution in [-0.2, 0) is 0 Å². The number of nitrogens with zero attached hydrogens (tertiary/aromatic N) is 7. The van der Waals surface area contributed by atoms with Gasteiger partial charge in [0.05, 0.1) is 28.1 Å². The summed E-state index contributed by atoms with van der Waals surface area (Å²) in [7, 11) is 0. The summed E-state index contributed by atoms with van der Waals surface area (Å²) < 4.78 is 0. The molecule has 0 radical (unpaired) electrons. The molecule has 0 fully saturated rings. The lowest BCUT2D eigenvalue weighted by Gasteiger charge is -2.12. The summed E-state index contributed by atoms with van der Waals surface area (Å²) in [5.41, 5.74) is 11.8. The second-order valence-corrected chi connectivity index (χ2v) is 11.5. The van der Waals surface area contributed by atoms with Crippen LogP contribution in [0.2, 0.25) is 0 Å². The van der Waals surface area contributed by atoms with E-state index in [1.807, 2.05) is 111 Å². The molecule has 0 spiro atoms. The van der Waals surface area contributed by atoms with Crippen molar-refractivity contribution < 1.29 is 0 Å². The molecule has 0 saturated heterocycles. The molecule has 8 aromatic rings. The molecule has 0 aliphatic rings. The van der Waals surface area contributed by atoms with Crippen LogP contribution in [0.4, 0.5) is 0 Å². The fourth-order valence-corrected chi connectivity index (χ4v) is 5.86. The third-order valence-electron chi connectivity index (χ3n) is 8.39. The van der Waals surface area contributed by atoms with Gasteiger partial charge in [0.25, 0.3) is 0 Å². The Morgan fingerprint density at radius 3 is 1.33 bits per heavy atom. The summed E-state index contributed by atoms with van der Waals surface area (Å²) in [5, 5.41) is 0. The van der Waals surface area contributed by atoms with Gasteiger partial charge in [0, 0.05) is 27.8 Å². The van der Waals surface area contributed by atoms with Crippen molar-refractivity contribution in [3.63, 3.8) is 0 Å². The molecular weight excluding hydrogens is 591 g/mol. The number of aromatic nitrogens is 7. The fourth-order valence-electron chi connectivity index (χ4n) is 5.86. The topological polar surface area (TPSA) is 90.2 Å². The van der Waals surface area contributed by atoms with Crippen LogP contribution >= 0.6 is 0 Å². The first-order chi connectivity index (χ1) is 23.6. The van der Waals surface area contributed by atoms with Gasteiger partial charge in [0.1, 0.15) is 12.0 Å². The lowest BCUT2D eigenvalue weighted by atomic mass is 10.0. The van der Waals surface area contributed by atoms with Gasteiger partial charge in [-0.2, -0.15) is 0 Å². The van der Waals surface area contributed by atoms with Gasteiger partial charge in [-0.15, -0.1) is 0 Å². The molecule has 0 amide bonds. The van der Waals surface area contributed by atoms with Gasteiger partial charge in [-0.05, 0) is 37.1 Å². The molecule has 228 valence electrons. The molecule has 7 nitrogen and oxygen atoms in total. The van der Waals surface area contributed by atoms with E-state index in [0.29, 0.717) is 17.5 Å². The van der Waals surface area contributed by atoms with Crippen LogP contribution in [0.25, 0.3) is 79.0 Å². The van der Waals surface area contributed by atoms with Crippen molar-refractivity contribution in [3.05, 3.63) is 151 Å². The van der Waals surface area contributed by atoms with Crippen molar-refractivity contribution in [2.45, 2.75) is 13.8 Å². The minimum absolute atomic E-state index is 0.597. The largest absolute Gasteiger partial charge is 0.249 e. The third kappa shape index (κ3) is 5.58. The van der Waals surface area contributed by atoms with E-state index in [-0.39, 0.29) is 0 Å². The first kappa shape index (κ1) is 29.0. The molecule has 5 aromatic carbocycles. The monoisotopic (exact) mass is 619 g/mol. The van der Waals surface area contributed by atoms with Crippen molar-refractivity contribution in [1.82, 2.24) is 34.9 Å². The predicted octanol–water partition coefficient (Wildman–Crippen LogP) is 9.22. The summed E-state index contributed by atoms with van der Waals surface area (Å²) in [5.74, 6) is 1.83. The maximum Gasteiger partial charge on any atom is 0.164 e. The van der Waals surface area contributed by atoms with Gasteiger partial charge in [-0.25, -0.2) is 34.9 Å². The predicted molar refractivity (Wildman–Crippen MR) is 191 cm³/mol. The van der Waals surface area contributed by atoms with Gasteiger partial charge in [0.2, 0.25) is 0 Å². The van der Waals surface area contributed by atoms with E-state index in [1.54, 1.807) is 6.33 Å². The van der Waals surface area contributed by atoms with Crippen LogP contribution < -0.4 is 0 Å². The number of fused-ring (bicyclic) bond motifs is 1. The SMILES string of the molecule is Cc1nc2ccccc2nc1-c1ncnc(-c2ccc(-c3nc(-c4ccccc4)nc(-c4ccc(-c5ccccc5)cc4)n3)cc2)c1C. The van der Waals surface area contributed by atoms with Crippen molar-refractivity contribution in [1.29, 1.82) is 0 Å². The molecule has 48 heavy (non-hydrogen) atoms. The zero-order valence-corrected chi connectivity index (χ0v) is 26.4. The standard InChI is InChI=1S/C41H29N7/c1-26-36(42-25-43-37(26)38-27(2)44-34-15-9-10-16-35(34)45-38)30-19-23-33(24-20-30)41-47-39(31-13-7-4-8-14-31)46-40(48-41)32-21-17-29(18-22-32)28-11-5-3-6-12-28/h3-25H,1-2H3. The second-order valence-electron chi connectivity index (χ2n) is 11.5. The van der Waals surface area contributed by atoms with Crippen molar-refractivity contribution in [2.24, 2.45) is 0 Å². The highest BCUT2D eigenvalue weighted by Crippen LogP contribution is 2.32. The molecule has 0 N–H and O–H groups in total. The Morgan fingerprint density at radius 1 is 0.333 bits per heavy atom. The average molecular weight is 620 g/mol. The van der Waals surface area contributed by atoms with Crippen LogP contribution in [0.5, 0.6) is 0 Å². The van der Waals surface area contributed by atoms with E-state index < -0.39 is 0 Å². The highest BCUT2D eigenvalue weighted by Gasteiger charge is 2.17. The zero-order chi connectivity index (χ0) is 32.5. The molecule has 3 heterocycles. The lowest BCUT2D eigenvalue weighted by molar-refractivity contribution is 1.07. The van der Waals surface area contributed by atoms with Crippen molar-refractivity contribution in [2.75, 3.05) is 0 Å². The minimum atomic E-state index is 0.597. The minimum Gasteiger partial charge on any atom is -0.249 e. The molecule has 7 heteroatoms. The van der Waals surface area contributed by atoms with E-state index in [9.17, 15) is 0 Å². The molecule has 0 atom stereocenters. The van der Waals surface area contributed by atoms with Gasteiger partial charge in [-0.1, -0.05) is 121 Å². The molecule has 0 bridgehead atoms. The number of aryl methyl sites for hydroxylation is 1. The Morgan fingerprint density at radius 2 is 0.750 bits per heavy atom. The third-order valence-corrected chi connectivity index (χ3v) is 8.39. The first-order valence-electron chi connectivity index (χ1n) is 15.7. The van der Waals surface area contributed by atoms with Gasteiger partial charge in [0.15, 0.2) is 17.5 Å². The highest BCUT2D eigenvalue weighted by atomic mass is 15.0. The van der Waals surface area contributed by atoms with Crippen LogP contribution in [0.3, 0.4) is 0 Å². The number of hydrogen-bond donors (Lipinski definition) is 0. The molecule has 0 saturated carbocycles.